The first-order chi connectivity index (χ1) is 10.9. The molecule has 0 atom stereocenters. The molecule has 0 bridgehead atoms. The zero-order valence-corrected chi connectivity index (χ0v) is 14.2. The van der Waals surface area contributed by atoms with Gasteiger partial charge < -0.3 is 5.32 Å². The van der Waals surface area contributed by atoms with Gasteiger partial charge in [-0.3, -0.25) is 4.79 Å². The summed E-state index contributed by atoms with van der Waals surface area (Å²) in [5.74, 6) is 0.498. The zero-order valence-electron chi connectivity index (χ0n) is 13.4. The predicted octanol–water partition coefficient (Wildman–Crippen LogP) is 2.46. The molecule has 1 aromatic rings. The van der Waals surface area contributed by atoms with Crippen LogP contribution in [-0.4, -0.2) is 26.9 Å². The highest BCUT2D eigenvalue weighted by Crippen LogP contribution is 2.23. The van der Waals surface area contributed by atoms with Gasteiger partial charge in [0.05, 0.1) is 4.90 Å². The van der Waals surface area contributed by atoms with Crippen molar-refractivity contribution in [2.75, 3.05) is 6.54 Å². The minimum Gasteiger partial charge on any atom is -0.349 e. The zero-order chi connectivity index (χ0) is 16.9. The first kappa shape index (κ1) is 17.7. The smallest absolute Gasteiger partial charge is 0.251 e. The average Bonchev–Trinajstić information content (AvgIpc) is 2.55. The molecule has 126 valence electrons. The molecule has 1 aliphatic carbocycles. The molecule has 0 spiro atoms. The van der Waals surface area contributed by atoms with E-state index in [1.54, 1.807) is 12.1 Å². The van der Waals surface area contributed by atoms with E-state index in [0.29, 0.717) is 11.5 Å². The van der Waals surface area contributed by atoms with Crippen LogP contribution in [0.4, 0.5) is 0 Å². The summed E-state index contributed by atoms with van der Waals surface area (Å²) in [6, 6.07) is 6.28. The number of carbonyl (C=O) groups excluding carboxylic acids is 1. The van der Waals surface area contributed by atoms with Gasteiger partial charge in [-0.15, -0.1) is 6.58 Å². The van der Waals surface area contributed by atoms with E-state index >= 15 is 0 Å². The summed E-state index contributed by atoms with van der Waals surface area (Å²) in [5.41, 5.74) is 0.366. The summed E-state index contributed by atoms with van der Waals surface area (Å²) < 4.78 is 26.6. The largest absolute Gasteiger partial charge is 0.349 e. The quantitative estimate of drug-likeness (QED) is 0.784. The molecular formula is C17H24N2O3S. The lowest BCUT2D eigenvalue weighted by Crippen LogP contribution is -2.37. The third kappa shape index (κ3) is 4.91. The molecule has 2 N–H and O–H groups in total. The molecule has 1 aliphatic rings. The predicted molar refractivity (Wildman–Crippen MR) is 90.7 cm³/mol. The highest BCUT2D eigenvalue weighted by atomic mass is 32.2. The second-order valence-electron chi connectivity index (χ2n) is 6.10. The van der Waals surface area contributed by atoms with Gasteiger partial charge in [0.1, 0.15) is 0 Å². The molecule has 0 aliphatic heterocycles. The van der Waals surface area contributed by atoms with Gasteiger partial charge in [-0.25, -0.2) is 13.1 Å². The normalized spacial score (nSPS) is 21.6. The van der Waals surface area contributed by atoms with Crippen LogP contribution in [0.25, 0.3) is 0 Å². The fourth-order valence-corrected chi connectivity index (χ4v) is 3.77. The topological polar surface area (TPSA) is 75.3 Å². The van der Waals surface area contributed by atoms with Crippen molar-refractivity contribution in [2.24, 2.45) is 5.92 Å². The van der Waals surface area contributed by atoms with Gasteiger partial charge in [-0.1, -0.05) is 19.1 Å². The number of amides is 1. The molecule has 23 heavy (non-hydrogen) atoms. The summed E-state index contributed by atoms with van der Waals surface area (Å²) in [7, 11) is -3.62. The van der Waals surface area contributed by atoms with Crippen molar-refractivity contribution < 1.29 is 13.2 Å². The highest BCUT2D eigenvalue weighted by Gasteiger charge is 2.21. The summed E-state index contributed by atoms with van der Waals surface area (Å²) in [4.78, 5) is 12.4. The molecule has 1 saturated carbocycles. The molecule has 1 amide bonds. The Morgan fingerprint density at radius 3 is 2.65 bits per heavy atom. The van der Waals surface area contributed by atoms with E-state index in [4.69, 9.17) is 0 Å². The lowest BCUT2D eigenvalue weighted by Gasteiger charge is -2.26. The SMILES string of the molecule is C=CCNS(=O)(=O)c1cccc(C(=O)NC2CCC(C)CC2)c1. The van der Waals surface area contributed by atoms with E-state index < -0.39 is 10.0 Å². The standard InChI is InChI=1S/C17H24N2O3S/c1-3-11-18-23(21,22)16-6-4-5-14(12-16)17(20)19-15-9-7-13(2)8-10-15/h3-6,12-13,15,18H,1,7-11H2,2H3,(H,19,20). The fourth-order valence-electron chi connectivity index (χ4n) is 2.73. The van der Waals surface area contributed by atoms with Crippen LogP contribution in [0.1, 0.15) is 43.0 Å². The van der Waals surface area contributed by atoms with Crippen LogP contribution in [0.15, 0.2) is 41.8 Å². The third-order valence-corrected chi connectivity index (χ3v) is 5.60. The minimum atomic E-state index is -3.62. The molecule has 6 heteroatoms. The van der Waals surface area contributed by atoms with Gasteiger partial charge in [0.15, 0.2) is 0 Å². The van der Waals surface area contributed by atoms with Crippen LogP contribution in [0.2, 0.25) is 0 Å². The van der Waals surface area contributed by atoms with Gasteiger partial charge in [-0.2, -0.15) is 0 Å². The number of rotatable bonds is 6. The Morgan fingerprint density at radius 1 is 1.30 bits per heavy atom. The summed E-state index contributed by atoms with van der Waals surface area (Å²) >= 11 is 0. The van der Waals surface area contributed by atoms with Crippen molar-refractivity contribution in [3.63, 3.8) is 0 Å². The van der Waals surface area contributed by atoms with E-state index in [1.165, 1.54) is 18.2 Å². The second-order valence-corrected chi connectivity index (χ2v) is 7.87. The summed E-state index contributed by atoms with van der Waals surface area (Å²) in [6.07, 6.45) is 5.66. The fraction of sp³-hybridized carbons (Fsp3) is 0.471. The van der Waals surface area contributed by atoms with Gasteiger partial charge >= 0.3 is 0 Å². The van der Waals surface area contributed by atoms with Crippen LogP contribution in [0.3, 0.4) is 0 Å². The van der Waals surface area contributed by atoms with Gasteiger partial charge in [-0.05, 0) is 49.8 Å². The number of benzene rings is 1. The van der Waals surface area contributed by atoms with E-state index in [0.717, 1.165) is 25.7 Å². The second kappa shape index (κ2) is 7.75. The van der Waals surface area contributed by atoms with Crippen LogP contribution in [-0.2, 0) is 10.0 Å². The number of sulfonamides is 1. The summed E-state index contributed by atoms with van der Waals surface area (Å²) in [5, 5.41) is 3.01. The van der Waals surface area contributed by atoms with Crippen molar-refractivity contribution in [3.8, 4) is 0 Å². The third-order valence-electron chi connectivity index (χ3n) is 4.18. The Hall–Kier alpha value is -1.66. The van der Waals surface area contributed by atoms with Crippen molar-refractivity contribution in [1.29, 1.82) is 0 Å². The number of hydrogen-bond donors (Lipinski definition) is 2. The van der Waals surface area contributed by atoms with Gasteiger partial charge in [0.2, 0.25) is 10.0 Å². The number of carbonyl (C=O) groups is 1. The highest BCUT2D eigenvalue weighted by molar-refractivity contribution is 7.89. The van der Waals surface area contributed by atoms with E-state index in [9.17, 15) is 13.2 Å². The lowest BCUT2D eigenvalue weighted by molar-refractivity contribution is 0.0923. The molecule has 5 nitrogen and oxygen atoms in total. The first-order valence-electron chi connectivity index (χ1n) is 7.94. The Bertz CT molecular complexity index is 662. The number of hydrogen-bond acceptors (Lipinski definition) is 3. The maximum absolute atomic E-state index is 12.3. The van der Waals surface area contributed by atoms with Crippen LogP contribution in [0, 0.1) is 5.92 Å². The monoisotopic (exact) mass is 336 g/mol. The average molecular weight is 336 g/mol. The molecule has 1 aromatic carbocycles. The minimum absolute atomic E-state index is 0.0873. The van der Waals surface area contributed by atoms with E-state index in [2.05, 4.69) is 23.5 Å². The van der Waals surface area contributed by atoms with Gasteiger partial charge in [0.25, 0.3) is 5.91 Å². The van der Waals surface area contributed by atoms with Crippen LogP contribution in [0.5, 0.6) is 0 Å². The molecule has 2 rings (SSSR count). The number of nitrogens with one attached hydrogen (secondary N) is 2. The van der Waals surface area contributed by atoms with Crippen molar-refractivity contribution in [2.45, 2.75) is 43.5 Å². The molecule has 0 aromatic heterocycles. The maximum atomic E-state index is 12.3. The van der Waals surface area contributed by atoms with Gasteiger partial charge in [0, 0.05) is 18.2 Å². The molecule has 1 fully saturated rings. The Labute approximate surface area is 138 Å². The van der Waals surface area contributed by atoms with E-state index in [1.807, 2.05) is 0 Å². The lowest BCUT2D eigenvalue weighted by atomic mass is 9.87. The Kier molecular flexibility index (Phi) is 5.96. The molecular weight excluding hydrogens is 312 g/mol. The molecule has 0 radical (unpaired) electrons. The van der Waals surface area contributed by atoms with E-state index in [-0.39, 0.29) is 23.4 Å². The Balaban J connectivity index is 2.07. The Morgan fingerprint density at radius 2 is 2.00 bits per heavy atom. The van der Waals surface area contributed by atoms with Crippen molar-refractivity contribution in [1.82, 2.24) is 10.0 Å². The van der Waals surface area contributed by atoms with Crippen molar-refractivity contribution >= 4 is 15.9 Å². The molecule has 0 heterocycles. The molecule has 0 unspecified atom stereocenters. The molecule has 0 saturated heterocycles. The van der Waals surface area contributed by atoms with Crippen LogP contribution < -0.4 is 10.0 Å². The summed E-state index contributed by atoms with van der Waals surface area (Å²) in [6.45, 7) is 5.86. The van der Waals surface area contributed by atoms with Crippen LogP contribution >= 0.6 is 0 Å². The first-order valence-corrected chi connectivity index (χ1v) is 9.42. The van der Waals surface area contributed by atoms with Crippen molar-refractivity contribution in [3.05, 3.63) is 42.5 Å². The maximum Gasteiger partial charge on any atom is 0.251 e.